The van der Waals surface area contributed by atoms with Gasteiger partial charge < -0.3 is 9.64 Å². The molecule has 2 aromatic carbocycles. The molecular weight excluding hydrogens is 258 g/mol. The molecule has 0 aromatic heterocycles. The first-order valence-electron chi connectivity index (χ1n) is 6.52. The van der Waals surface area contributed by atoms with Gasteiger partial charge in [-0.15, -0.1) is 0 Å². The Balaban J connectivity index is 2.01. The van der Waals surface area contributed by atoms with Gasteiger partial charge in [-0.25, -0.2) is 0 Å². The van der Waals surface area contributed by atoms with E-state index < -0.39 is 0 Å². The van der Waals surface area contributed by atoms with E-state index in [1.54, 1.807) is 0 Å². The maximum atomic E-state index is 6.10. The van der Waals surface area contributed by atoms with Crippen LogP contribution in [0, 0.1) is 0 Å². The van der Waals surface area contributed by atoms with E-state index in [4.69, 9.17) is 16.3 Å². The molecule has 1 saturated heterocycles. The van der Waals surface area contributed by atoms with Gasteiger partial charge in [-0.2, -0.15) is 0 Å². The quantitative estimate of drug-likeness (QED) is 0.824. The highest BCUT2D eigenvalue weighted by molar-refractivity contribution is 6.30. The molecule has 0 atom stereocenters. The van der Waals surface area contributed by atoms with Crippen molar-refractivity contribution >= 4 is 17.3 Å². The molecule has 98 valence electrons. The van der Waals surface area contributed by atoms with Gasteiger partial charge in [0.2, 0.25) is 0 Å². The minimum Gasteiger partial charge on any atom is -0.378 e. The molecule has 1 fully saturated rings. The summed E-state index contributed by atoms with van der Waals surface area (Å²) < 4.78 is 5.42. The number of benzene rings is 2. The van der Waals surface area contributed by atoms with Gasteiger partial charge >= 0.3 is 0 Å². The first-order valence-corrected chi connectivity index (χ1v) is 6.90. The van der Waals surface area contributed by atoms with E-state index in [1.807, 2.05) is 18.2 Å². The second-order valence-corrected chi connectivity index (χ2v) is 5.06. The number of para-hydroxylation sites is 1. The number of morpholine rings is 1. The van der Waals surface area contributed by atoms with Gasteiger partial charge in [0.05, 0.1) is 13.2 Å². The van der Waals surface area contributed by atoms with Crippen molar-refractivity contribution in [2.24, 2.45) is 0 Å². The number of hydrogen-bond donors (Lipinski definition) is 0. The predicted octanol–water partition coefficient (Wildman–Crippen LogP) is 3.84. The van der Waals surface area contributed by atoms with E-state index in [-0.39, 0.29) is 0 Å². The molecule has 1 heterocycles. The predicted molar refractivity (Wildman–Crippen MR) is 79.9 cm³/mol. The second kappa shape index (κ2) is 5.64. The molecule has 0 spiro atoms. The Kier molecular flexibility index (Phi) is 3.72. The van der Waals surface area contributed by atoms with Crippen molar-refractivity contribution in [2.75, 3.05) is 31.2 Å². The van der Waals surface area contributed by atoms with Crippen molar-refractivity contribution in [3.05, 3.63) is 53.6 Å². The fraction of sp³-hybridized carbons (Fsp3) is 0.250. The van der Waals surface area contributed by atoms with Crippen LogP contribution in [0.3, 0.4) is 0 Å². The first kappa shape index (κ1) is 12.5. The minimum atomic E-state index is 0.772. The third kappa shape index (κ3) is 2.75. The zero-order chi connectivity index (χ0) is 13.1. The van der Waals surface area contributed by atoms with Crippen molar-refractivity contribution in [3.8, 4) is 11.1 Å². The normalized spacial score (nSPS) is 15.5. The summed E-state index contributed by atoms with van der Waals surface area (Å²) in [4.78, 5) is 2.37. The molecule has 0 unspecified atom stereocenters. The van der Waals surface area contributed by atoms with Gasteiger partial charge in [0.25, 0.3) is 0 Å². The summed E-state index contributed by atoms with van der Waals surface area (Å²) in [5.41, 5.74) is 3.65. The van der Waals surface area contributed by atoms with E-state index in [1.165, 1.54) is 11.3 Å². The average Bonchev–Trinajstić information content (AvgIpc) is 2.48. The van der Waals surface area contributed by atoms with E-state index in [9.17, 15) is 0 Å². The third-order valence-corrected chi connectivity index (χ3v) is 3.63. The highest BCUT2D eigenvalue weighted by atomic mass is 35.5. The summed E-state index contributed by atoms with van der Waals surface area (Å²) in [7, 11) is 0. The van der Waals surface area contributed by atoms with Crippen molar-refractivity contribution in [3.63, 3.8) is 0 Å². The smallest absolute Gasteiger partial charge is 0.0642 e. The van der Waals surface area contributed by atoms with Crippen molar-refractivity contribution in [1.82, 2.24) is 0 Å². The summed E-state index contributed by atoms with van der Waals surface area (Å²) in [6.45, 7) is 3.48. The van der Waals surface area contributed by atoms with Crippen LogP contribution < -0.4 is 4.90 Å². The highest BCUT2D eigenvalue weighted by Gasteiger charge is 2.15. The van der Waals surface area contributed by atoms with Crippen LogP contribution in [0.25, 0.3) is 11.1 Å². The molecule has 0 saturated carbocycles. The number of halogens is 1. The lowest BCUT2D eigenvalue weighted by atomic mass is 10.0. The monoisotopic (exact) mass is 273 g/mol. The lowest BCUT2D eigenvalue weighted by Crippen LogP contribution is -2.36. The van der Waals surface area contributed by atoms with Crippen LogP contribution in [0.2, 0.25) is 5.02 Å². The number of anilines is 1. The van der Waals surface area contributed by atoms with Crippen LogP contribution >= 0.6 is 11.6 Å². The van der Waals surface area contributed by atoms with Crippen LogP contribution in [0.5, 0.6) is 0 Å². The summed E-state index contributed by atoms with van der Waals surface area (Å²) in [6, 6.07) is 16.5. The fourth-order valence-electron chi connectivity index (χ4n) is 2.45. The summed E-state index contributed by atoms with van der Waals surface area (Å²) >= 11 is 6.10. The Morgan fingerprint density at radius 3 is 2.53 bits per heavy atom. The van der Waals surface area contributed by atoms with Crippen molar-refractivity contribution < 1.29 is 4.74 Å². The Morgan fingerprint density at radius 2 is 1.74 bits per heavy atom. The van der Waals surface area contributed by atoms with Crippen LogP contribution in [-0.2, 0) is 4.74 Å². The molecule has 2 aromatic rings. The van der Waals surface area contributed by atoms with Crippen LogP contribution in [0.15, 0.2) is 48.5 Å². The van der Waals surface area contributed by atoms with Gasteiger partial charge in [0.15, 0.2) is 0 Å². The molecule has 0 bridgehead atoms. The second-order valence-electron chi connectivity index (χ2n) is 4.63. The van der Waals surface area contributed by atoms with Gasteiger partial charge in [-0.3, -0.25) is 0 Å². The standard InChI is InChI=1S/C16H16ClNO/c17-14-5-3-4-13(12-14)15-6-1-2-7-16(15)18-8-10-19-11-9-18/h1-7,12H,8-11H2. The zero-order valence-electron chi connectivity index (χ0n) is 10.7. The maximum Gasteiger partial charge on any atom is 0.0642 e. The Hall–Kier alpha value is -1.51. The number of hydrogen-bond acceptors (Lipinski definition) is 2. The summed E-state index contributed by atoms with van der Waals surface area (Å²) in [6.07, 6.45) is 0. The van der Waals surface area contributed by atoms with Gasteiger partial charge in [-0.05, 0) is 23.8 Å². The number of ether oxygens (including phenoxy) is 1. The molecule has 0 N–H and O–H groups in total. The van der Waals surface area contributed by atoms with Crippen molar-refractivity contribution in [2.45, 2.75) is 0 Å². The topological polar surface area (TPSA) is 12.5 Å². The molecule has 19 heavy (non-hydrogen) atoms. The summed E-state index contributed by atoms with van der Waals surface area (Å²) in [5.74, 6) is 0. The minimum absolute atomic E-state index is 0.772. The third-order valence-electron chi connectivity index (χ3n) is 3.39. The van der Waals surface area contributed by atoms with Gasteiger partial charge in [0, 0.05) is 29.4 Å². The number of nitrogens with zero attached hydrogens (tertiary/aromatic N) is 1. The summed E-state index contributed by atoms with van der Waals surface area (Å²) in [5, 5.41) is 0.772. The molecule has 0 radical (unpaired) electrons. The molecular formula is C16H16ClNO. The fourth-order valence-corrected chi connectivity index (χ4v) is 2.64. The van der Waals surface area contributed by atoms with Crippen LogP contribution in [0.4, 0.5) is 5.69 Å². The largest absolute Gasteiger partial charge is 0.378 e. The molecule has 1 aliphatic heterocycles. The SMILES string of the molecule is Clc1cccc(-c2ccccc2N2CCOCC2)c1. The van der Waals surface area contributed by atoms with E-state index in [2.05, 4.69) is 35.2 Å². The molecule has 3 rings (SSSR count). The molecule has 0 aliphatic carbocycles. The first-order chi connectivity index (χ1) is 9.34. The van der Waals surface area contributed by atoms with Crippen LogP contribution in [0.1, 0.15) is 0 Å². The maximum absolute atomic E-state index is 6.10. The Labute approximate surface area is 118 Å². The lowest BCUT2D eigenvalue weighted by Gasteiger charge is -2.30. The van der Waals surface area contributed by atoms with E-state index >= 15 is 0 Å². The Morgan fingerprint density at radius 1 is 0.947 bits per heavy atom. The van der Waals surface area contributed by atoms with Gasteiger partial charge in [0.1, 0.15) is 0 Å². The van der Waals surface area contributed by atoms with Crippen molar-refractivity contribution in [1.29, 1.82) is 0 Å². The average molecular weight is 274 g/mol. The van der Waals surface area contributed by atoms with E-state index in [0.29, 0.717) is 0 Å². The molecule has 1 aliphatic rings. The molecule has 3 heteroatoms. The van der Waals surface area contributed by atoms with Gasteiger partial charge in [-0.1, -0.05) is 41.9 Å². The van der Waals surface area contributed by atoms with E-state index in [0.717, 1.165) is 36.9 Å². The number of rotatable bonds is 2. The van der Waals surface area contributed by atoms with Crippen LogP contribution in [-0.4, -0.2) is 26.3 Å². The Bertz CT molecular complexity index is 564. The lowest BCUT2D eigenvalue weighted by molar-refractivity contribution is 0.123. The zero-order valence-corrected chi connectivity index (χ0v) is 11.4. The molecule has 0 amide bonds. The molecule has 2 nitrogen and oxygen atoms in total. The highest BCUT2D eigenvalue weighted by Crippen LogP contribution is 2.32.